The van der Waals surface area contributed by atoms with Crippen molar-refractivity contribution in [1.29, 1.82) is 0 Å². The Kier molecular flexibility index (Phi) is 4.41. The Labute approximate surface area is 101 Å². The van der Waals surface area contributed by atoms with Crippen molar-refractivity contribution in [2.75, 3.05) is 6.54 Å². The van der Waals surface area contributed by atoms with Gasteiger partial charge in [-0.05, 0) is 46.4 Å². The summed E-state index contributed by atoms with van der Waals surface area (Å²) in [7, 11) is 0. The van der Waals surface area contributed by atoms with Crippen molar-refractivity contribution in [3.8, 4) is 0 Å². The fourth-order valence-corrected chi connectivity index (χ4v) is 1.92. The number of hydrogen-bond donors (Lipinski definition) is 1. The highest BCUT2D eigenvalue weighted by Gasteiger charge is 2.28. The molecule has 0 saturated heterocycles. The molecule has 1 unspecified atom stereocenters. The molecule has 0 aliphatic rings. The highest BCUT2D eigenvalue weighted by atomic mass is 79.9. The first-order valence-electron chi connectivity index (χ1n) is 5.43. The molecule has 1 rings (SSSR count). The van der Waals surface area contributed by atoms with Gasteiger partial charge in [0.15, 0.2) is 4.67 Å². The summed E-state index contributed by atoms with van der Waals surface area (Å²) < 4.78 is 6.42. The van der Waals surface area contributed by atoms with Crippen LogP contribution in [0.1, 0.15) is 45.9 Å². The number of hydrogen-bond acceptors (Lipinski definition) is 2. The lowest BCUT2D eigenvalue weighted by Gasteiger charge is -2.29. The van der Waals surface area contributed by atoms with Crippen LogP contribution in [0, 0.1) is 5.41 Å². The molecule has 0 spiro atoms. The van der Waals surface area contributed by atoms with Gasteiger partial charge < -0.3 is 9.73 Å². The number of rotatable bonds is 4. The highest BCUT2D eigenvalue weighted by Crippen LogP contribution is 2.34. The second-order valence-electron chi connectivity index (χ2n) is 4.90. The van der Waals surface area contributed by atoms with E-state index in [1.165, 1.54) is 0 Å². The van der Waals surface area contributed by atoms with Crippen LogP contribution in [0.15, 0.2) is 21.2 Å². The summed E-state index contributed by atoms with van der Waals surface area (Å²) in [5.74, 6) is 1.00. The molecule has 2 nitrogen and oxygen atoms in total. The van der Waals surface area contributed by atoms with E-state index in [4.69, 9.17) is 4.42 Å². The summed E-state index contributed by atoms with van der Waals surface area (Å²) in [6.07, 6.45) is 1.13. The normalized spacial score (nSPS) is 14.2. The van der Waals surface area contributed by atoms with Crippen molar-refractivity contribution in [3.05, 3.63) is 22.6 Å². The van der Waals surface area contributed by atoms with Gasteiger partial charge in [0.05, 0.1) is 6.04 Å². The Morgan fingerprint density at radius 2 is 2.07 bits per heavy atom. The monoisotopic (exact) mass is 273 g/mol. The van der Waals surface area contributed by atoms with Crippen molar-refractivity contribution in [1.82, 2.24) is 5.32 Å². The largest absolute Gasteiger partial charge is 0.453 e. The van der Waals surface area contributed by atoms with Crippen LogP contribution in [0.5, 0.6) is 0 Å². The van der Waals surface area contributed by atoms with Crippen LogP contribution < -0.4 is 5.32 Å². The predicted molar refractivity (Wildman–Crippen MR) is 66.9 cm³/mol. The second-order valence-corrected chi connectivity index (χ2v) is 5.68. The average molecular weight is 274 g/mol. The van der Waals surface area contributed by atoms with E-state index >= 15 is 0 Å². The van der Waals surface area contributed by atoms with Gasteiger partial charge in [-0.25, -0.2) is 0 Å². The van der Waals surface area contributed by atoms with E-state index in [-0.39, 0.29) is 11.5 Å². The van der Waals surface area contributed by atoms with Gasteiger partial charge in [-0.3, -0.25) is 0 Å². The third kappa shape index (κ3) is 3.65. The summed E-state index contributed by atoms with van der Waals surface area (Å²) in [6.45, 7) is 9.84. The van der Waals surface area contributed by atoms with Gasteiger partial charge in [-0.2, -0.15) is 0 Å². The maximum absolute atomic E-state index is 5.62. The average Bonchev–Trinajstić information content (AvgIpc) is 2.50. The molecule has 0 fully saturated rings. The summed E-state index contributed by atoms with van der Waals surface area (Å²) in [5.41, 5.74) is 0.159. The van der Waals surface area contributed by atoms with E-state index in [2.05, 4.69) is 48.9 Å². The molecule has 0 amide bonds. The van der Waals surface area contributed by atoms with Crippen LogP contribution in [-0.4, -0.2) is 6.54 Å². The standard InChI is InChI=1S/C12H20BrNO/c1-5-8-14-11(12(2,3)4)9-6-7-10(13)15-9/h6-7,11,14H,5,8H2,1-4H3. The van der Waals surface area contributed by atoms with Crippen LogP contribution in [-0.2, 0) is 0 Å². The molecule has 0 aromatic carbocycles. The number of halogens is 1. The van der Waals surface area contributed by atoms with E-state index < -0.39 is 0 Å². The minimum Gasteiger partial charge on any atom is -0.453 e. The molecule has 3 heteroatoms. The van der Waals surface area contributed by atoms with Gasteiger partial charge in [0.1, 0.15) is 5.76 Å². The zero-order chi connectivity index (χ0) is 11.5. The van der Waals surface area contributed by atoms with E-state index in [0.29, 0.717) is 0 Å². The van der Waals surface area contributed by atoms with Crippen LogP contribution in [0.2, 0.25) is 0 Å². The molecule has 0 bridgehead atoms. The molecule has 1 atom stereocenters. The summed E-state index contributed by atoms with van der Waals surface area (Å²) in [5, 5.41) is 3.52. The van der Waals surface area contributed by atoms with Crippen molar-refractivity contribution in [3.63, 3.8) is 0 Å². The van der Waals surface area contributed by atoms with Crippen LogP contribution >= 0.6 is 15.9 Å². The Morgan fingerprint density at radius 3 is 2.47 bits per heavy atom. The van der Waals surface area contributed by atoms with Gasteiger partial charge >= 0.3 is 0 Å². The zero-order valence-corrected chi connectivity index (χ0v) is 11.5. The SMILES string of the molecule is CCCNC(c1ccc(Br)o1)C(C)(C)C. The minimum absolute atomic E-state index is 0.159. The quantitative estimate of drug-likeness (QED) is 0.893. The van der Waals surface area contributed by atoms with E-state index in [0.717, 1.165) is 23.4 Å². The highest BCUT2D eigenvalue weighted by molar-refractivity contribution is 9.10. The molecule has 1 heterocycles. The van der Waals surface area contributed by atoms with Crippen molar-refractivity contribution in [2.24, 2.45) is 5.41 Å². The first-order valence-corrected chi connectivity index (χ1v) is 6.23. The fraction of sp³-hybridized carbons (Fsp3) is 0.667. The zero-order valence-electron chi connectivity index (χ0n) is 9.93. The number of furan rings is 1. The molecule has 1 N–H and O–H groups in total. The Bertz CT molecular complexity index is 301. The molecule has 0 aliphatic heterocycles. The molecule has 0 saturated carbocycles. The Balaban J connectivity index is 2.81. The van der Waals surface area contributed by atoms with Crippen LogP contribution in [0.3, 0.4) is 0 Å². The second kappa shape index (κ2) is 5.17. The van der Waals surface area contributed by atoms with Gasteiger partial charge in [0.25, 0.3) is 0 Å². The van der Waals surface area contributed by atoms with E-state index in [9.17, 15) is 0 Å². The van der Waals surface area contributed by atoms with E-state index in [1.54, 1.807) is 0 Å². The topological polar surface area (TPSA) is 25.2 Å². The lowest BCUT2D eigenvalue weighted by molar-refractivity contribution is 0.236. The number of nitrogens with one attached hydrogen (secondary N) is 1. The van der Waals surface area contributed by atoms with Crippen molar-refractivity contribution < 1.29 is 4.42 Å². The summed E-state index contributed by atoms with van der Waals surface area (Å²) >= 11 is 3.34. The van der Waals surface area contributed by atoms with Gasteiger partial charge in [0.2, 0.25) is 0 Å². The third-order valence-electron chi connectivity index (χ3n) is 2.34. The molecule has 1 aromatic heterocycles. The Morgan fingerprint density at radius 1 is 1.40 bits per heavy atom. The molecule has 86 valence electrons. The lowest BCUT2D eigenvalue weighted by Crippen LogP contribution is -2.32. The first-order chi connectivity index (χ1) is 6.95. The summed E-state index contributed by atoms with van der Waals surface area (Å²) in [6, 6.07) is 4.24. The smallest absolute Gasteiger partial charge is 0.169 e. The molecule has 15 heavy (non-hydrogen) atoms. The fourth-order valence-electron chi connectivity index (χ4n) is 1.61. The van der Waals surface area contributed by atoms with Crippen molar-refractivity contribution >= 4 is 15.9 Å². The summed E-state index contributed by atoms with van der Waals surface area (Å²) in [4.78, 5) is 0. The van der Waals surface area contributed by atoms with Gasteiger partial charge in [-0.15, -0.1) is 0 Å². The van der Waals surface area contributed by atoms with Gasteiger partial charge in [-0.1, -0.05) is 27.7 Å². The first kappa shape index (κ1) is 12.8. The molecule has 0 aliphatic carbocycles. The van der Waals surface area contributed by atoms with E-state index in [1.807, 2.05) is 12.1 Å². The lowest BCUT2D eigenvalue weighted by atomic mass is 9.85. The maximum atomic E-state index is 5.62. The van der Waals surface area contributed by atoms with Crippen LogP contribution in [0.4, 0.5) is 0 Å². The molecular formula is C12H20BrNO. The predicted octanol–water partition coefficient (Wildman–Crippen LogP) is 4.13. The molecule has 0 radical (unpaired) electrons. The van der Waals surface area contributed by atoms with Crippen molar-refractivity contribution in [2.45, 2.75) is 40.2 Å². The third-order valence-corrected chi connectivity index (χ3v) is 2.77. The Hall–Kier alpha value is -0.280. The molecular weight excluding hydrogens is 254 g/mol. The van der Waals surface area contributed by atoms with Gasteiger partial charge in [0, 0.05) is 0 Å². The minimum atomic E-state index is 0.159. The van der Waals surface area contributed by atoms with Crippen LogP contribution in [0.25, 0.3) is 0 Å². The maximum Gasteiger partial charge on any atom is 0.169 e. The molecule has 1 aromatic rings.